The van der Waals surface area contributed by atoms with Crippen molar-refractivity contribution in [3.63, 3.8) is 0 Å². The Morgan fingerprint density at radius 2 is 1.78 bits per heavy atom. The SMILES string of the molecule is CCOC(=O)CCC(=O)Nc1cc(C(=O)N2CCCCCC2)cn(C)c1=O. The van der Waals surface area contributed by atoms with Crippen molar-refractivity contribution in [3.8, 4) is 0 Å². The second kappa shape index (κ2) is 9.89. The Hall–Kier alpha value is -2.64. The summed E-state index contributed by atoms with van der Waals surface area (Å²) in [5, 5.41) is 2.51. The van der Waals surface area contributed by atoms with Crippen LogP contribution in [0, 0.1) is 0 Å². The summed E-state index contributed by atoms with van der Waals surface area (Å²) in [5.41, 5.74) is -0.0152. The highest BCUT2D eigenvalue weighted by atomic mass is 16.5. The van der Waals surface area contributed by atoms with E-state index in [0.29, 0.717) is 18.7 Å². The third kappa shape index (κ3) is 5.94. The largest absolute Gasteiger partial charge is 0.466 e. The van der Waals surface area contributed by atoms with E-state index in [9.17, 15) is 19.2 Å². The fraction of sp³-hybridized carbons (Fsp3) is 0.579. The Morgan fingerprint density at radius 3 is 2.41 bits per heavy atom. The van der Waals surface area contributed by atoms with E-state index in [1.165, 1.54) is 23.9 Å². The van der Waals surface area contributed by atoms with Crippen LogP contribution in [0.2, 0.25) is 0 Å². The molecule has 1 N–H and O–H groups in total. The average Bonchev–Trinajstić information content (AvgIpc) is 2.92. The van der Waals surface area contributed by atoms with Crippen molar-refractivity contribution < 1.29 is 19.1 Å². The number of carbonyl (C=O) groups excluding carboxylic acids is 3. The molecule has 1 fully saturated rings. The average molecular weight is 377 g/mol. The molecule has 1 aliphatic heterocycles. The molecule has 0 atom stereocenters. The summed E-state index contributed by atoms with van der Waals surface area (Å²) in [6.45, 7) is 3.34. The van der Waals surface area contributed by atoms with E-state index in [2.05, 4.69) is 5.32 Å². The number of rotatable bonds is 6. The zero-order chi connectivity index (χ0) is 19.8. The van der Waals surface area contributed by atoms with E-state index in [1.807, 2.05) is 0 Å². The summed E-state index contributed by atoms with van der Waals surface area (Å²) in [5.74, 6) is -1.08. The van der Waals surface area contributed by atoms with Gasteiger partial charge in [-0.25, -0.2) is 0 Å². The van der Waals surface area contributed by atoms with Crippen molar-refractivity contribution in [2.24, 2.45) is 7.05 Å². The van der Waals surface area contributed by atoms with Gasteiger partial charge in [-0.15, -0.1) is 0 Å². The van der Waals surface area contributed by atoms with E-state index in [4.69, 9.17) is 4.74 Å². The molecule has 8 nitrogen and oxygen atoms in total. The van der Waals surface area contributed by atoms with Crippen molar-refractivity contribution >= 4 is 23.5 Å². The van der Waals surface area contributed by atoms with Gasteiger partial charge in [0, 0.05) is 32.8 Å². The van der Waals surface area contributed by atoms with E-state index >= 15 is 0 Å². The second-order valence-corrected chi connectivity index (χ2v) is 6.62. The monoisotopic (exact) mass is 377 g/mol. The van der Waals surface area contributed by atoms with Crippen molar-refractivity contribution in [1.29, 1.82) is 0 Å². The number of likely N-dealkylation sites (tertiary alicyclic amines) is 1. The van der Waals surface area contributed by atoms with Gasteiger partial charge in [0.15, 0.2) is 0 Å². The number of carbonyl (C=O) groups is 3. The van der Waals surface area contributed by atoms with Crippen molar-refractivity contribution in [2.75, 3.05) is 25.0 Å². The molecule has 0 aromatic carbocycles. The molecular formula is C19H27N3O5. The fourth-order valence-electron chi connectivity index (χ4n) is 3.04. The number of hydrogen-bond acceptors (Lipinski definition) is 5. The van der Waals surface area contributed by atoms with E-state index < -0.39 is 17.4 Å². The summed E-state index contributed by atoms with van der Waals surface area (Å²) in [6.07, 6.45) is 5.49. The molecule has 148 valence electrons. The molecule has 8 heteroatoms. The van der Waals surface area contributed by atoms with Gasteiger partial charge in [0.25, 0.3) is 11.5 Å². The first-order valence-corrected chi connectivity index (χ1v) is 9.37. The highest BCUT2D eigenvalue weighted by Crippen LogP contribution is 2.14. The maximum atomic E-state index is 12.8. The van der Waals surface area contributed by atoms with E-state index in [1.54, 1.807) is 11.8 Å². The van der Waals surface area contributed by atoms with Crippen LogP contribution in [0.1, 0.15) is 55.8 Å². The second-order valence-electron chi connectivity index (χ2n) is 6.62. The molecule has 2 heterocycles. The van der Waals surface area contributed by atoms with Crippen molar-refractivity contribution in [2.45, 2.75) is 45.4 Å². The number of esters is 1. The van der Waals surface area contributed by atoms with Gasteiger partial charge in [0.2, 0.25) is 5.91 Å². The highest BCUT2D eigenvalue weighted by molar-refractivity contribution is 5.97. The van der Waals surface area contributed by atoms with E-state index in [-0.39, 0.29) is 31.0 Å². The molecule has 0 unspecified atom stereocenters. The summed E-state index contributed by atoms with van der Waals surface area (Å²) >= 11 is 0. The summed E-state index contributed by atoms with van der Waals surface area (Å²) in [6, 6.07) is 1.41. The smallest absolute Gasteiger partial charge is 0.306 e. The molecule has 0 aliphatic carbocycles. The van der Waals surface area contributed by atoms with Crippen molar-refractivity contribution in [1.82, 2.24) is 9.47 Å². The molecular weight excluding hydrogens is 350 g/mol. The zero-order valence-corrected chi connectivity index (χ0v) is 16.0. The molecule has 0 bridgehead atoms. The number of aromatic nitrogens is 1. The lowest BCUT2D eigenvalue weighted by atomic mass is 10.2. The molecule has 27 heavy (non-hydrogen) atoms. The molecule has 1 aliphatic rings. The summed E-state index contributed by atoms with van der Waals surface area (Å²) in [4.78, 5) is 50.3. The Morgan fingerprint density at radius 1 is 1.11 bits per heavy atom. The van der Waals surface area contributed by atoms with Gasteiger partial charge in [0.05, 0.1) is 18.6 Å². The predicted octanol–water partition coefficient (Wildman–Crippen LogP) is 1.68. The molecule has 1 aromatic rings. The van der Waals surface area contributed by atoms with Gasteiger partial charge < -0.3 is 19.5 Å². The number of ether oxygens (including phenoxy) is 1. The van der Waals surface area contributed by atoms with Crippen molar-refractivity contribution in [3.05, 3.63) is 28.2 Å². The molecule has 1 saturated heterocycles. The van der Waals surface area contributed by atoms with Gasteiger partial charge in [-0.3, -0.25) is 19.2 Å². The molecule has 1 aromatic heterocycles. The lowest BCUT2D eigenvalue weighted by molar-refractivity contribution is -0.144. The number of nitrogens with one attached hydrogen (secondary N) is 1. The summed E-state index contributed by atoms with van der Waals surface area (Å²) in [7, 11) is 1.54. The van der Waals surface area contributed by atoms with Gasteiger partial charge in [-0.1, -0.05) is 12.8 Å². The number of aryl methyl sites for hydroxylation is 1. The van der Waals surface area contributed by atoms with Crippen LogP contribution in [-0.2, 0) is 21.4 Å². The van der Waals surface area contributed by atoms with Crippen LogP contribution in [0.25, 0.3) is 0 Å². The number of anilines is 1. The van der Waals surface area contributed by atoms with Gasteiger partial charge in [0.1, 0.15) is 5.69 Å². The Bertz CT molecular complexity index is 748. The Labute approximate surface area is 158 Å². The fourth-order valence-corrected chi connectivity index (χ4v) is 3.04. The highest BCUT2D eigenvalue weighted by Gasteiger charge is 2.20. The van der Waals surface area contributed by atoms with Gasteiger partial charge >= 0.3 is 5.97 Å². The lowest BCUT2D eigenvalue weighted by Crippen LogP contribution is -2.33. The molecule has 2 amide bonds. The maximum Gasteiger partial charge on any atom is 0.306 e. The van der Waals surface area contributed by atoms with Crippen LogP contribution >= 0.6 is 0 Å². The minimum atomic E-state index is -0.473. The molecule has 0 spiro atoms. The minimum Gasteiger partial charge on any atom is -0.466 e. The third-order valence-corrected chi connectivity index (χ3v) is 4.46. The van der Waals surface area contributed by atoms with Crippen LogP contribution in [0.15, 0.2) is 17.1 Å². The third-order valence-electron chi connectivity index (χ3n) is 4.46. The Balaban J connectivity index is 2.10. The maximum absolute atomic E-state index is 12.8. The summed E-state index contributed by atoms with van der Waals surface area (Å²) < 4.78 is 6.06. The van der Waals surface area contributed by atoms with Crippen LogP contribution in [0.5, 0.6) is 0 Å². The molecule has 0 saturated carbocycles. The first-order valence-electron chi connectivity index (χ1n) is 9.37. The first-order chi connectivity index (χ1) is 12.9. The lowest BCUT2D eigenvalue weighted by Gasteiger charge is -2.21. The van der Waals surface area contributed by atoms with Gasteiger partial charge in [-0.05, 0) is 25.8 Å². The first kappa shape index (κ1) is 20.7. The predicted molar refractivity (Wildman–Crippen MR) is 101 cm³/mol. The Kier molecular flexibility index (Phi) is 7.57. The number of amides is 2. The van der Waals surface area contributed by atoms with Crippen LogP contribution < -0.4 is 10.9 Å². The quantitative estimate of drug-likeness (QED) is 0.761. The van der Waals surface area contributed by atoms with Crippen LogP contribution in [0.4, 0.5) is 5.69 Å². The number of hydrogen-bond donors (Lipinski definition) is 1. The molecule has 2 rings (SSSR count). The van der Waals surface area contributed by atoms with E-state index in [0.717, 1.165) is 25.7 Å². The van der Waals surface area contributed by atoms with Gasteiger partial charge in [-0.2, -0.15) is 0 Å². The van der Waals surface area contributed by atoms with Crippen LogP contribution in [-0.4, -0.2) is 46.9 Å². The normalized spacial score (nSPS) is 14.4. The molecule has 0 radical (unpaired) electrons. The minimum absolute atomic E-state index is 0.0343. The standard InChI is InChI=1S/C19H27N3O5/c1-3-27-17(24)9-8-16(23)20-15-12-14(13-21(2)19(15)26)18(25)22-10-6-4-5-7-11-22/h12-13H,3-11H2,1-2H3,(H,20,23). The topological polar surface area (TPSA) is 97.7 Å². The number of nitrogens with zero attached hydrogens (tertiary/aromatic N) is 2. The number of pyridine rings is 1. The zero-order valence-electron chi connectivity index (χ0n) is 16.0. The van der Waals surface area contributed by atoms with Crippen LogP contribution in [0.3, 0.4) is 0 Å².